The van der Waals surface area contributed by atoms with Gasteiger partial charge in [0, 0.05) is 44.6 Å². The average molecular weight is 479 g/mol. The minimum absolute atomic E-state index is 0.0440. The number of nitrogens with zero attached hydrogens (tertiary/aromatic N) is 4. The summed E-state index contributed by atoms with van der Waals surface area (Å²) in [5.41, 5.74) is 6.99. The summed E-state index contributed by atoms with van der Waals surface area (Å²) in [6.07, 6.45) is 1.15. The number of thiazole rings is 1. The number of ether oxygens (including phenoxy) is 1. The van der Waals surface area contributed by atoms with Crippen molar-refractivity contribution in [2.24, 2.45) is 18.7 Å². The lowest BCUT2D eigenvalue weighted by molar-refractivity contribution is 0.0447. The van der Waals surface area contributed by atoms with Crippen LogP contribution in [0.3, 0.4) is 0 Å². The summed E-state index contributed by atoms with van der Waals surface area (Å²) < 4.78 is 35.6. The van der Waals surface area contributed by atoms with Gasteiger partial charge in [-0.15, -0.1) is 11.3 Å². The second-order valence-electron chi connectivity index (χ2n) is 8.30. The second-order valence-corrected chi connectivity index (χ2v) is 9.16. The quantitative estimate of drug-likeness (QED) is 0.468. The van der Waals surface area contributed by atoms with Crippen molar-refractivity contribution < 1.29 is 18.6 Å². The Kier molecular flexibility index (Phi) is 6.94. The topological polar surface area (TPSA) is 101 Å². The molecule has 1 saturated heterocycles. The number of benzene rings is 1. The Morgan fingerprint density at radius 2 is 2.06 bits per heavy atom. The number of aryl methyl sites for hydroxylation is 1. The predicted octanol–water partition coefficient (Wildman–Crippen LogP) is 3.11. The van der Waals surface area contributed by atoms with Crippen LogP contribution in [0.25, 0.3) is 10.6 Å². The molecular formula is C22H28F2N6O2S. The molecule has 0 aliphatic carbocycles. The van der Waals surface area contributed by atoms with Crippen molar-refractivity contribution in [3.05, 3.63) is 47.1 Å². The van der Waals surface area contributed by atoms with E-state index in [-0.39, 0.29) is 34.3 Å². The van der Waals surface area contributed by atoms with Crippen molar-refractivity contribution in [3.8, 4) is 10.6 Å². The molecular weight excluding hydrogens is 450 g/mol. The van der Waals surface area contributed by atoms with Crippen LogP contribution in [0.4, 0.5) is 20.3 Å². The molecule has 0 amide bonds. The van der Waals surface area contributed by atoms with E-state index in [1.165, 1.54) is 18.2 Å². The first-order valence-corrected chi connectivity index (χ1v) is 11.6. The number of aliphatic hydroxyl groups excluding tert-OH is 1. The predicted molar refractivity (Wildman–Crippen MR) is 124 cm³/mol. The van der Waals surface area contributed by atoms with E-state index in [0.29, 0.717) is 18.8 Å². The molecule has 1 unspecified atom stereocenters. The lowest BCUT2D eigenvalue weighted by atomic mass is 9.98. The largest absolute Gasteiger partial charge is 0.379 e. The van der Waals surface area contributed by atoms with Gasteiger partial charge in [0.25, 0.3) is 0 Å². The summed E-state index contributed by atoms with van der Waals surface area (Å²) in [7, 11) is 3.51. The van der Waals surface area contributed by atoms with E-state index >= 15 is 0 Å². The summed E-state index contributed by atoms with van der Waals surface area (Å²) in [6.45, 7) is 3.52. The molecule has 1 fully saturated rings. The zero-order valence-electron chi connectivity index (χ0n) is 18.7. The molecule has 8 nitrogen and oxygen atoms in total. The van der Waals surface area contributed by atoms with Crippen molar-refractivity contribution in [3.63, 3.8) is 0 Å². The Labute approximate surface area is 195 Å². The molecule has 0 bridgehead atoms. The van der Waals surface area contributed by atoms with Gasteiger partial charge < -0.3 is 25.8 Å². The van der Waals surface area contributed by atoms with Crippen LogP contribution < -0.4 is 16.0 Å². The van der Waals surface area contributed by atoms with Gasteiger partial charge in [0.1, 0.15) is 28.2 Å². The van der Waals surface area contributed by atoms with Crippen LogP contribution in [0.15, 0.2) is 29.8 Å². The van der Waals surface area contributed by atoms with E-state index in [2.05, 4.69) is 27.2 Å². The number of anilines is 2. The van der Waals surface area contributed by atoms with Gasteiger partial charge in [-0.25, -0.2) is 13.8 Å². The molecule has 1 aromatic carbocycles. The summed E-state index contributed by atoms with van der Waals surface area (Å²) in [5, 5.41) is 19.9. The normalized spacial score (nSPS) is 22.3. The number of hydrogen-bond donors (Lipinski definition) is 3. The highest BCUT2D eigenvalue weighted by Gasteiger charge is 2.32. The van der Waals surface area contributed by atoms with E-state index in [1.54, 1.807) is 23.4 Å². The van der Waals surface area contributed by atoms with Crippen LogP contribution in [0.1, 0.15) is 25.3 Å². The highest BCUT2D eigenvalue weighted by molar-refractivity contribution is 7.13. The first kappa shape index (κ1) is 23.6. The van der Waals surface area contributed by atoms with Gasteiger partial charge in [-0.1, -0.05) is 13.0 Å². The molecule has 178 valence electrons. The maximum Gasteiger partial charge on any atom is 0.169 e. The Bertz CT molecular complexity index is 1090. The van der Waals surface area contributed by atoms with Crippen LogP contribution in [0, 0.1) is 17.6 Å². The molecule has 11 heteroatoms. The molecule has 3 aromatic rings. The molecule has 33 heavy (non-hydrogen) atoms. The molecule has 3 heterocycles. The van der Waals surface area contributed by atoms with E-state index in [9.17, 15) is 13.9 Å². The first-order chi connectivity index (χ1) is 15.8. The monoisotopic (exact) mass is 478 g/mol. The molecule has 4 N–H and O–H groups in total. The van der Waals surface area contributed by atoms with Crippen molar-refractivity contribution in [2.45, 2.75) is 31.7 Å². The molecule has 0 spiro atoms. The second kappa shape index (κ2) is 9.72. The zero-order chi connectivity index (χ0) is 23.7. The van der Waals surface area contributed by atoms with Crippen LogP contribution in [0.5, 0.6) is 0 Å². The number of aromatic nitrogens is 3. The number of hydrogen-bond acceptors (Lipinski definition) is 8. The van der Waals surface area contributed by atoms with Crippen LogP contribution in [0.2, 0.25) is 0 Å². The van der Waals surface area contributed by atoms with E-state index in [1.807, 2.05) is 7.05 Å². The van der Waals surface area contributed by atoms with Gasteiger partial charge >= 0.3 is 0 Å². The summed E-state index contributed by atoms with van der Waals surface area (Å²) in [6, 6.07) is 3.59. The van der Waals surface area contributed by atoms with E-state index in [4.69, 9.17) is 10.5 Å². The molecule has 2 aromatic heterocycles. The Morgan fingerprint density at radius 1 is 1.33 bits per heavy atom. The third kappa shape index (κ3) is 4.72. The van der Waals surface area contributed by atoms with Gasteiger partial charge in [-0.2, -0.15) is 5.10 Å². The zero-order valence-corrected chi connectivity index (χ0v) is 19.5. The van der Waals surface area contributed by atoms with Gasteiger partial charge in [0.05, 0.1) is 23.6 Å². The summed E-state index contributed by atoms with van der Waals surface area (Å²) in [5.74, 6) is -0.399. The summed E-state index contributed by atoms with van der Waals surface area (Å²) in [4.78, 5) is 6.43. The lowest BCUT2D eigenvalue weighted by Crippen LogP contribution is -2.40. The number of methoxy groups -OCH3 is 1. The first-order valence-electron chi connectivity index (χ1n) is 10.7. The minimum atomic E-state index is -1.19. The Hall–Kier alpha value is -2.60. The molecule has 4 rings (SSSR count). The van der Waals surface area contributed by atoms with E-state index < -0.39 is 17.9 Å². The third-order valence-electron chi connectivity index (χ3n) is 5.97. The maximum absolute atomic E-state index is 14.1. The highest BCUT2D eigenvalue weighted by Crippen LogP contribution is 2.34. The van der Waals surface area contributed by atoms with Crippen molar-refractivity contribution >= 4 is 22.8 Å². The van der Waals surface area contributed by atoms with Crippen molar-refractivity contribution in [1.29, 1.82) is 0 Å². The fourth-order valence-corrected chi connectivity index (χ4v) is 5.28. The number of rotatable bonds is 6. The molecule has 1 aliphatic rings. The molecule has 0 saturated carbocycles. The Morgan fingerprint density at radius 3 is 2.76 bits per heavy atom. The number of nitrogens with two attached hydrogens (primary N) is 1. The lowest BCUT2D eigenvalue weighted by Gasteiger charge is -2.28. The highest BCUT2D eigenvalue weighted by atomic mass is 32.1. The van der Waals surface area contributed by atoms with Crippen LogP contribution >= 0.6 is 11.3 Å². The standard InChI is InChI=1S/C22H28F2N6O2S/c1-12-10-30(8-7-15(25)19(12)32-3)22-16(9-26-29(22)2)27-20(31)17-11-33-21(28-17)18-13(23)5-4-6-14(18)24/h4-6,9,11-12,15,19-20,27,31H,7-8,10,25H2,1-3H3/t12-,15-,19-,20?/m0/s1. The van der Waals surface area contributed by atoms with Crippen LogP contribution in [-0.2, 0) is 11.8 Å². The maximum atomic E-state index is 14.1. The smallest absolute Gasteiger partial charge is 0.169 e. The number of nitrogens with one attached hydrogen (secondary N) is 1. The van der Waals surface area contributed by atoms with Gasteiger partial charge in [0.15, 0.2) is 6.23 Å². The third-order valence-corrected chi connectivity index (χ3v) is 6.85. The van der Waals surface area contributed by atoms with Crippen LogP contribution in [-0.4, -0.2) is 52.2 Å². The minimum Gasteiger partial charge on any atom is -0.379 e. The van der Waals surface area contributed by atoms with Gasteiger partial charge in [-0.05, 0) is 18.6 Å². The van der Waals surface area contributed by atoms with Crippen molar-refractivity contribution in [1.82, 2.24) is 14.8 Å². The summed E-state index contributed by atoms with van der Waals surface area (Å²) >= 11 is 1.06. The van der Waals surface area contributed by atoms with Crippen molar-refractivity contribution in [2.75, 3.05) is 30.4 Å². The SMILES string of the molecule is CO[C@H]1[C@@H](C)CN(c2c(NC(O)c3csc(-c4c(F)cccc4F)n3)cnn2C)CC[C@@H]1N. The van der Waals surface area contributed by atoms with E-state index in [0.717, 1.165) is 23.6 Å². The average Bonchev–Trinajstić information content (AvgIpc) is 3.35. The van der Waals surface area contributed by atoms with Gasteiger partial charge in [-0.3, -0.25) is 4.68 Å². The Balaban J connectivity index is 1.55. The number of aliphatic hydroxyl groups is 1. The molecule has 1 aliphatic heterocycles. The fourth-order valence-electron chi connectivity index (χ4n) is 4.39. The molecule has 0 radical (unpaired) electrons. The molecule has 4 atom stereocenters. The fraction of sp³-hybridized carbons (Fsp3) is 0.455. The number of halogens is 2. The van der Waals surface area contributed by atoms with Gasteiger partial charge in [0.2, 0.25) is 0 Å².